The van der Waals surface area contributed by atoms with E-state index in [4.69, 9.17) is 0 Å². The van der Waals surface area contributed by atoms with Crippen LogP contribution < -0.4 is 5.32 Å². The molecule has 1 heterocycles. The van der Waals surface area contributed by atoms with Crippen molar-refractivity contribution in [1.29, 1.82) is 0 Å². The number of nitrogens with one attached hydrogen (secondary N) is 1. The molecule has 2 N–H and O–H groups in total. The summed E-state index contributed by atoms with van der Waals surface area (Å²) in [6.07, 6.45) is 2.69. The molecule has 0 aliphatic heterocycles. The number of hydrogen-bond donors (Lipinski definition) is 2. The molecule has 1 saturated carbocycles. The number of hydrogen-bond acceptors (Lipinski definition) is 3. The van der Waals surface area contributed by atoms with Gasteiger partial charge in [0.15, 0.2) is 0 Å². The molecule has 1 aliphatic carbocycles. The fourth-order valence-corrected chi connectivity index (χ4v) is 3.12. The Balaban J connectivity index is 1.84. The van der Waals surface area contributed by atoms with Gasteiger partial charge in [0.1, 0.15) is 0 Å². The number of anilines is 1. The van der Waals surface area contributed by atoms with E-state index in [1.807, 2.05) is 19.1 Å². The van der Waals surface area contributed by atoms with Gasteiger partial charge in [0.25, 0.3) is 0 Å². The van der Waals surface area contributed by atoms with Crippen LogP contribution in [-0.4, -0.2) is 35.7 Å². The summed E-state index contributed by atoms with van der Waals surface area (Å²) in [6, 6.07) is 3.80. The van der Waals surface area contributed by atoms with Crippen LogP contribution in [0.15, 0.2) is 12.1 Å². The van der Waals surface area contributed by atoms with E-state index < -0.39 is 0 Å². The van der Waals surface area contributed by atoms with Crippen LogP contribution in [0.4, 0.5) is 9.80 Å². The number of aliphatic hydroxyl groups excluding tert-OH is 1. The minimum Gasteiger partial charge on any atom is -0.393 e. The molecule has 0 saturated heterocycles. The van der Waals surface area contributed by atoms with Gasteiger partial charge in [0.2, 0.25) is 0 Å². The molecule has 2 atom stereocenters. The molecular formula is C13H20N2O2S. The van der Waals surface area contributed by atoms with E-state index in [1.165, 1.54) is 4.88 Å². The van der Waals surface area contributed by atoms with Gasteiger partial charge in [-0.1, -0.05) is 6.42 Å². The molecule has 1 fully saturated rings. The Morgan fingerprint density at radius 1 is 1.56 bits per heavy atom. The Morgan fingerprint density at radius 2 is 2.33 bits per heavy atom. The van der Waals surface area contributed by atoms with Gasteiger partial charge < -0.3 is 10.0 Å². The molecule has 5 heteroatoms. The third-order valence-electron chi connectivity index (χ3n) is 3.44. The highest BCUT2D eigenvalue weighted by atomic mass is 32.1. The van der Waals surface area contributed by atoms with Gasteiger partial charge in [-0.25, -0.2) is 4.79 Å². The molecule has 1 aromatic rings. The third kappa shape index (κ3) is 3.23. The molecule has 4 nitrogen and oxygen atoms in total. The average molecular weight is 268 g/mol. The number of amides is 2. The van der Waals surface area contributed by atoms with Crippen molar-refractivity contribution in [2.75, 3.05) is 18.9 Å². The van der Waals surface area contributed by atoms with E-state index >= 15 is 0 Å². The maximum Gasteiger partial charge on any atom is 0.322 e. The molecule has 1 aromatic heterocycles. The first-order valence-electron chi connectivity index (χ1n) is 6.33. The smallest absolute Gasteiger partial charge is 0.322 e. The van der Waals surface area contributed by atoms with Crippen molar-refractivity contribution in [3.05, 3.63) is 17.0 Å². The average Bonchev–Trinajstić information content (AvgIpc) is 2.89. The summed E-state index contributed by atoms with van der Waals surface area (Å²) in [5, 5.41) is 13.5. The van der Waals surface area contributed by atoms with E-state index in [9.17, 15) is 9.90 Å². The van der Waals surface area contributed by atoms with Crippen molar-refractivity contribution in [3.63, 3.8) is 0 Å². The molecule has 0 bridgehead atoms. The molecular weight excluding hydrogens is 248 g/mol. The molecule has 0 spiro atoms. The van der Waals surface area contributed by atoms with Gasteiger partial charge >= 0.3 is 6.03 Å². The van der Waals surface area contributed by atoms with E-state index in [-0.39, 0.29) is 18.1 Å². The Morgan fingerprint density at radius 3 is 2.89 bits per heavy atom. The normalized spacial score (nSPS) is 23.1. The van der Waals surface area contributed by atoms with Gasteiger partial charge in [-0.15, -0.1) is 11.3 Å². The summed E-state index contributed by atoms with van der Waals surface area (Å²) in [4.78, 5) is 14.8. The second kappa shape index (κ2) is 5.71. The minimum absolute atomic E-state index is 0.101. The summed E-state index contributed by atoms with van der Waals surface area (Å²) < 4.78 is 0. The maximum atomic E-state index is 12.0. The van der Waals surface area contributed by atoms with Crippen molar-refractivity contribution >= 4 is 22.4 Å². The maximum absolute atomic E-state index is 12.0. The molecule has 100 valence electrons. The predicted octanol–water partition coefficient (Wildman–Crippen LogP) is 2.68. The number of aryl methyl sites for hydroxylation is 1. The van der Waals surface area contributed by atoms with Gasteiger partial charge in [0, 0.05) is 24.4 Å². The Bertz CT molecular complexity index is 419. The number of carbonyl (C=O) groups is 1. The van der Waals surface area contributed by atoms with Crippen molar-refractivity contribution in [2.24, 2.45) is 5.92 Å². The molecule has 0 radical (unpaired) electrons. The van der Waals surface area contributed by atoms with Gasteiger partial charge in [-0.3, -0.25) is 5.32 Å². The molecule has 1 aliphatic rings. The summed E-state index contributed by atoms with van der Waals surface area (Å²) in [5.74, 6) is 0.228. The topological polar surface area (TPSA) is 52.6 Å². The zero-order valence-corrected chi connectivity index (χ0v) is 11.7. The monoisotopic (exact) mass is 268 g/mol. The van der Waals surface area contributed by atoms with E-state index in [0.29, 0.717) is 6.54 Å². The second-order valence-electron chi connectivity index (χ2n) is 4.98. The highest BCUT2D eigenvalue weighted by molar-refractivity contribution is 7.16. The van der Waals surface area contributed by atoms with Gasteiger partial charge in [-0.2, -0.15) is 0 Å². The SMILES string of the molecule is Cc1ccc(NC(=O)N(C)CC2CCCC2O)s1. The fraction of sp³-hybridized carbons (Fsp3) is 0.615. The summed E-state index contributed by atoms with van der Waals surface area (Å²) in [5.41, 5.74) is 0. The first-order valence-corrected chi connectivity index (χ1v) is 7.14. The van der Waals surface area contributed by atoms with Crippen LogP contribution in [0, 0.1) is 12.8 Å². The van der Waals surface area contributed by atoms with Gasteiger partial charge in [0.05, 0.1) is 11.1 Å². The van der Waals surface area contributed by atoms with Crippen LogP contribution >= 0.6 is 11.3 Å². The van der Waals surface area contributed by atoms with Crippen LogP contribution in [0.2, 0.25) is 0 Å². The first-order chi connectivity index (χ1) is 8.56. The van der Waals surface area contributed by atoms with Crippen molar-refractivity contribution in [1.82, 2.24) is 4.90 Å². The fourth-order valence-electron chi connectivity index (χ4n) is 2.37. The highest BCUT2D eigenvalue weighted by Crippen LogP contribution is 2.26. The molecule has 2 unspecified atom stereocenters. The number of aliphatic hydroxyl groups is 1. The van der Waals surface area contributed by atoms with Crippen molar-refractivity contribution in [3.8, 4) is 0 Å². The Labute approximate surface area is 112 Å². The highest BCUT2D eigenvalue weighted by Gasteiger charge is 2.27. The zero-order valence-electron chi connectivity index (χ0n) is 10.8. The number of urea groups is 1. The first kappa shape index (κ1) is 13.4. The second-order valence-corrected chi connectivity index (χ2v) is 6.27. The lowest BCUT2D eigenvalue weighted by Gasteiger charge is -2.23. The van der Waals surface area contributed by atoms with Crippen LogP contribution in [0.25, 0.3) is 0 Å². The molecule has 2 rings (SSSR count). The predicted molar refractivity (Wildman–Crippen MR) is 74.1 cm³/mol. The number of nitrogens with zero attached hydrogens (tertiary/aromatic N) is 1. The van der Waals surface area contributed by atoms with Crippen LogP contribution in [0.1, 0.15) is 24.1 Å². The van der Waals surface area contributed by atoms with Gasteiger partial charge in [-0.05, 0) is 31.9 Å². The lowest BCUT2D eigenvalue weighted by molar-refractivity contribution is 0.116. The molecule has 18 heavy (non-hydrogen) atoms. The standard InChI is InChI=1S/C13H20N2O2S/c1-9-6-7-12(18-9)14-13(17)15(2)8-10-4-3-5-11(10)16/h6-7,10-11,16H,3-5,8H2,1-2H3,(H,14,17). The van der Waals surface area contributed by atoms with E-state index in [0.717, 1.165) is 24.3 Å². The largest absolute Gasteiger partial charge is 0.393 e. The lowest BCUT2D eigenvalue weighted by Crippen LogP contribution is -2.37. The number of carbonyl (C=O) groups excluding carboxylic acids is 1. The summed E-state index contributed by atoms with van der Waals surface area (Å²) >= 11 is 1.57. The van der Waals surface area contributed by atoms with E-state index in [1.54, 1.807) is 23.3 Å². The van der Waals surface area contributed by atoms with Crippen molar-refractivity contribution in [2.45, 2.75) is 32.3 Å². The molecule has 0 aromatic carbocycles. The Hall–Kier alpha value is -1.07. The summed E-state index contributed by atoms with van der Waals surface area (Å²) in [6.45, 7) is 2.64. The van der Waals surface area contributed by atoms with Crippen LogP contribution in [0.3, 0.4) is 0 Å². The number of thiophene rings is 1. The number of rotatable bonds is 3. The molecule has 2 amide bonds. The zero-order chi connectivity index (χ0) is 13.1. The third-order valence-corrected chi connectivity index (χ3v) is 4.36. The lowest BCUT2D eigenvalue weighted by atomic mass is 10.1. The van der Waals surface area contributed by atoms with Crippen LogP contribution in [0.5, 0.6) is 0 Å². The Kier molecular flexibility index (Phi) is 4.24. The van der Waals surface area contributed by atoms with E-state index in [2.05, 4.69) is 5.32 Å². The minimum atomic E-state index is -0.246. The summed E-state index contributed by atoms with van der Waals surface area (Å²) in [7, 11) is 1.78. The van der Waals surface area contributed by atoms with Crippen molar-refractivity contribution < 1.29 is 9.90 Å². The quantitative estimate of drug-likeness (QED) is 0.885. The van der Waals surface area contributed by atoms with Crippen LogP contribution in [-0.2, 0) is 0 Å².